The Bertz CT molecular complexity index is 994. The molecule has 0 aliphatic carbocycles. The van der Waals surface area contributed by atoms with Gasteiger partial charge in [0.2, 0.25) is 11.8 Å². The Morgan fingerprint density at radius 2 is 2.00 bits per heavy atom. The standard InChI is InChI=1S/C21H20ClN3O4S/c1-3-29-20(28)13-7-9-15(10-8-13)23-19(27)17-12-18(26)25(2)21(30-17)24-16-6-4-5-14(22)11-16/h4-11,17H,3,12H2,1-2H3,(H,23,27). The number of hydrogen-bond donors (Lipinski definition) is 1. The number of esters is 1. The van der Waals surface area contributed by atoms with Gasteiger partial charge in [0.05, 0.1) is 17.9 Å². The molecular weight excluding hydrogens is 426 g/mol. The predicted molar refractivity (Wildman–Crippen MR) is 118 cm³/mol. The molecule has 1 saturated heterocycles. The van der Waals surface area contributed by atoms with Crippen LogP contribution in [0.3, 0.4) is 0 Å². The highest BCUT2D eigenvalue weighted by Gasteiger charge is 2.34. The third-order valence-electron chi connectivity index (χ3n) is 4.26. The minimum atomic E-state index is -0.628. The molecule has 7 nitrogen and oxygen atoms in total. The highest BCUT2D eigenvalue weighted by molar-refractivity contribution is 8.15. The fraction of sp³-hybridized carbons (Fsp3) is 0.238. The van der Waals surface area contributed by atoms with E-state index in [4.69, 9.17) is 16.3 Å². The van der Waals surface area contributed by atoms with Crippen molar-refractivity contribution >= 4 is 57.7 Å². The zero-order valence-electron chi connectivity index (χ0n) is 16.4. The topological polar surface area (TPSA) is 88.1 Å². The first-order valence-corrected chi connectivity index (χ1v) is 10.5. The van der Waals surface area contributed by atoms with E-state index in [9.17, 15) is 14.4 Å². The van der Waals surface area contributed by atoms with E-state index in [0.717, 1.165) is 0 Å². The van der Waals surface area contributed by atoms with Gasteiger partial charge in [-0.1, -0.05) is 29.4 Å². The van der Waals surface area contributed by atoms with E-state index in [1.165, 1.54) is 16.7 Å². The number of nitrogens with zero attached hydrogens (tertiary/aromatic N) is 2. The van der Waals surface area contributed by atoms with Gasteiger partial charge in [-0.3, -0.25) is 14.5 Å². The van der Waals surface area contributed by atoms with Crippen LogP contribution >= 0.6 is 23.4 Å². The van der Waals surface area contributed by atoms with Gasteiger partial charge < -0.3 is 10.1 Å². The van der Waals surface area contributed by atoms with Crippen molar-refractivity contribution < 1.29 is 19.1 Å². The molecule has 1 aliphatic rings. The molecule has 1 aliphatic heterocycles. The number of aliphatic imine (C=N–C) groups is 1. The molecule has 0 spiro atoms. The molecule has 1 unspecified atom stereocenters. The van der Waals surface area contributed by atoms with E-state index in [-0.39, 0.29) is 24.8 Å². The Kier molecular flexibility index (Phi) is 7.12. The number of amides is 2. The van der Waals surface area contributed by atoms with Crippen molar-refractivity contribution in [3.05, 3.63) is 59.1 Å². The molecular formula is C21H20ClN3O4S. The summed E-state index contributed by atoms with van der Waals surface area (Å²) in [4.78, 5) is 42.7. The summed E-state index contributed by atoms with van der Waals surface area (Å²) in [6, 6.07) is 13.3. The van der Waals surface area contributed by atoms with E-state index in [1.807, 2.05) is 0 Å². The van der Waals surface area contributed by atoms with Gasteiger partial charge in [0.15, 0.2) is 5.17 Å². The van der Waals surface area contributed by atoms with E-state index >= 15 is 0 Å². The van der Waals surface area contributed by atoms with Crippen LogP contribution in [-0.2, 0) is 14.3 Å². The van der Waals surface area contributed by atoms with Crippen molar-refractivity contribution in [2.75, 3.05) is 19.0 Å². The maximum atomic E-state index is 12.7. The quantitative estimate of drug-likeness (QED) is 0.700. The molecule has 0 aromatic heterocycles. The number of carbonyl (C=O) groups excluding carboxylic acids is 3. The Morgan fingerprint density at radius 1 is 1.27 bits per heavy atom. The summed E-state index contributed by atoms with van der Waals surface area (Å²) < 4.78 is 4.94. The predicted octanol–water partition coefficient (Wildman–Crippen LogP) is 4.11. The fourth-order valence-electron chi connectivity index (χ4n) is 2.68. The van der Waals surface area contributed by atoms with Crippen molar-refractivity contribution in [3.8, 4) is 0 Å². The molecule has 2 amide bonds. The smallest absolute Gasteiger partial charge is 0.338 e. The van der Waals surface area contributed by atoms with Crippen LogP contribution in [0.1, 0.15) is 23.7 Å². The summed E-state index contributed by atoms with van der Waals surface area (Å²) in [6.45, 7) is 2.02. The molecule has 0 bridgehead atoms. The Morgan fingerprint density at radius 3 is 2.67 bits per heavy atom. The van der Waals surface area contributed by atoms with Gasteiger partial charge in [0, 0.05) is 24.2 Å². The van der Waals surface area contributed by atoms with Gasteiger partial charge in [-0.15, -0.1) is 0 Å². The van der Waals surface area contributed by atoms with Gasteiger partial charge in [-0.05, 0) is 49.4 Å². The lowest BCUT2D eigenvalue weighted by atomic mass is 10.2. The molecule has 2 aromatic carbocycles. The Hall–Kier alpha value is -2.84. The first-order valence-electron chi connectivity index (χ1n) is 9.23. The molecule has 1 heterocycles. The molecule has 0 saturated carbocycles. The SMILES string of the molecule is CCOC(=O)c1ccc(NC(=O)C2CC(=O)N(C)C(=Nc3cccc(Cl)c3)S2)cc1. The van der Waals surface area contributed by atoms with Crippen molar-refractivity contribution in [2.24, 2.45) is 4.99 Å². The second kappa shape index (κ2) is 9.77. The number of amidine groups is 1. The molecule has 156 valence electrons. The van der Waals surface area contributed by atoms with Gasteiger partial charge in [-0.25, -0.2) is 9.79 Å². The lowest BCUT2D eigenvalue weighted by Gasteiger charge is -2.28. The van der Waals surface area contributed by atoms with E-state index in [2.05, 4.69) is 10.3 Å². The number of carbonyl (C=O) groups is 3. The van der Waals surface area contributed by atoms with Gasteiger partial charge in [0.1, 0.15) is 5.25 Å². The third kappa shape index (κ3) is 5.40. The molecule has 3 rings (SSSR count). The maximum Gasteiger partial charge on any atom is 0.338 e. The molecule has 0 radical (unpaired) electrons. The van der Waals surface area contributed by atoms with Crippen LogP contribution in [0.15, 0.2) is 53.5 Å². The molecule has 1 atom stereocenters. The first kappa shape index (κ1) is 21.9. The minimum absolute atomic E-state index is 0.0580. The third-order valence-corrected chi connectivity index (χ3v) is 5.73. The van der Waals surface area contributed by atoms with Crippen LogP contribution in [-0.4, -0.2) is 46.8 Å². The van der Waals surface area contributed by atoms with E-state index in [1.54, 1.807) is 62.5 Å². The van der Waals surface area contributed by atoms with Crippen molar-refractivity contribution in [3.63, 3.8) is 0 Å². The first-order chi connectivity index (χ1) is 14.4. The largest absolute Gasteiger partial charge is 0.462 e. The molecule has 1 N–H and O–H groups in total. The summed E-state index contributed by atoms with van der Waals surface area (Å²) in [5.74, 6) is -0.940. The Labute approximate surface area is 183 Å². The summed E-state index contributed by atoms with van der Waals surface area (Å²) in [5, 5.41) is 3.11. The number of benzene rings is 2. The van der Waals surface area contributed by atoms with Crippen LogP contribution < -0.4 is 5.32 Å². The van der Waals surface area contributed by atoms with Crippen molar-refractivity contribution in [2.45, 2.75) is 18.6 Å². The van der Waals surface area contributed by atoms with Gasteiger partial charge >= 0.3 is 5.97 Å². The van der Waals surface area contributed by atoms with Crippen LogP contribution in [0, 0.1) is 0 Å². The van der Waals surface area contributed by atoms with Gasteiger partial charge in [-0.2, -0.15) is 0 Å². The average Bonchev–Trinajstić information content (AvgIpc) is 2.72. The molecule has 1 fully saturated rings. The zero-order valence-corrected chi connectivity index (χ0v) is 18.0. The van der Waals surface area contributed by atoms with E-state index in [0.29, 0.717) is 27.1 Å². The number of rotatable bonds is 5. The van der Waals surface area contributed by atoms with Crippen LogP contribution in [0.2, 0.25) is 5.02 Å². The number of hydrogen-bond acceptors (Lipinski definition) is 6. The zero-order chi connectivity index (χ0) is 21.7. The number of thioether (sulfide) groups is 1. The van der Waals surface area contributed by atoms with Crippen LogP contribution in [0.4, 0.5) is 11.4 Å². The van der Waals surface area contributed by atoms with Crippen molar-refractivity contribution in [1.82, 2.24) is 4.90 Å². The Balaban J connectivity index is 1.71. The van der Waals surface area contributed by atoms with E-state index < -0.39 is 11.2 Å². The highest BCUT2D eigenvalue weighted by Crippen LogP contribution is 2.29. The second-order valence-electron chi connectivity index (χ2n) is 6.42. The van der Waals surface area contributed by atoms with Crippen LogP contribution in [0.5, 0.6) is 0 Å². The lowest BCUT2D eigenvalue weighted by molar-refractivity contribution is -0.128. The number of anilines is 1. The average molecular weight is 446 g/mol. The number of ether oxygens (including phenoxy) is 1. The number of halogens is 1. The minimum Gasteiger partial charge on any atom is -0.462 e. The summed E-state index contributed by atoms with van der Waals surface area (Å²) >= 11 is 7.21. The normalized spacial score (nSPS) is 17.7. The lowest BCUT2D eigenvalue weighted by Crippen LogP contribution is -2.43. The molecule has 30 heavy (non-hydrogen) atoms. The molecule has 2 aromatic rings. The monoisotopic (exact) mass is 445 g/mol. The summed E-state index contributed by atoms with van der Waals surface area (Å²) in [5.41, 5.74) is 1.52. The highest BCUT2D eigenvalue weighted by atomic mass is 35.5. The fourth-order valence-corrected chi connectivity index (χ4v) is 3.93. The summed E-state index contributed by atoms with van der Waals surface area (Å²) in [6.07, 6.45) is 0.0580. The molecule has 9 heteroatoms. The maximum absolute atomic E-state index is 12.7. The number of nitrogens with one attached hydrogen (secondary N) is 1. The van der Waals surface area contributed by atoms with Gasteiger partial charge in [0.25, 0.3) is 0 Å². The van der Waals surface area contributed by atoms with Crippen molar-refractivity contribution in [1.29, 1.82) is 0 Å². The van der Waals surface area contributed by atoms with Crippen LogP contribution in [0.25, 0.3) is 0 Å². The second-order valence-corrected chi connectivity index (χ2v) is 8.03. The summed E-state index contributed by atoms with van der Waals surface area (Å²) in [7, 11) is 1.63.